The van der Waals surface area contributed by atoms with Gasteiger partial charge in [-0.15, -0.1) is 0 Å². The molecule has 0 spiro atoms. The number of methoxy groups -OCH3 is 1. The molecular formula is C25H20ClN3O4. The number of hydrogen-bond acceptors (Lipinski definition) is 5. The fourth-order valence-corrected chi connectivity index (χ4v) is 3.39. The van der Waals surface area contributed by atoms with Gasteiger partial charge in [0.1, 0.15) is 5.75 Å². The van der Waals surface area contributed by atoms with Gasteiger partial charge in [-0.05, 0) is 36.4 Å². The summed E-state index contributed by atoms with van der Waals surface area (Å²) in [5, 5.41) is 6.67. The Bertz CT molecular complexity index is 1310. The number of nitrogens with zero attached hydrogens (tertiary/aromatic N) is 1. The molecule has 1 heterocycles. The second-order valence-electron chi connectivity index (χ2n) is 7.06. The topological polar surface area (TPSA) is 89.6 Å². The summed E-state index contributed by atoms with van der Waals surface area (Å²) in [5.41, 5.74) is 3.35. The molecular weight excluding hydrogens is 442 g/mol. The molecule has 0 fully saturated rings. The Kier molecular flexibility index (Phi) is 6.71. The lowest BCUT2D eigenvalue weighted by Gasteiger charge is -2.13. The lowest BCUT2D eigenvalue weighted by Crippen LogP contribution is -2.19. The highest BCUT2D eigenvalue weighted by molar-refractivity contribution is 6.30. The van der Waals surface area contributed by atoms with Crippen LogP contribution < -0.4 is 15.4 Å². The maximum Gasteiger partial charge on any atom is 0.343 e. The minimum atomic E-state index is -0.503. The Hall–Kier alpha value is -4.10. The molecule has 8 heteroatoms. The molecule has 3 aromatic carbocycles. The smallest absolute Gasteiger partial charge is 0.343 e. The van der Waals surface area contributed by atoms with Gasteiger partial charge in [0, 0.05) is 33.4 Å². The largest absolute Gasteiger partial charge is 0.481 e. The maximum absolute atomic E-state index is 12.4. The maximum atomic E-state index is 12.4. The van der Waals surface area contributed by atoms with E-state index in [1.807, 2.05) is 30.3 Å². The molecule has 1 aromatic heterocycles. The first-order valence-corrected chi connectivity index (χ1v) is 10.4. The molecule has 166 valence electrons. The summed E-state index contributed by atoms with van der Waals surface area (Å²) in [5.74, 6) is -0.0560. The number of esters is 1. The molecule has 2 N–H and O–H groups in total. The number of carbonyl (C=O) groups excluding carboxylic acids is 2. The third-order valence-electron chi connectivity index (χ3n) is 4.75. The zero-order valence-electron chi connectivity index (χ0n) is 17.7. The number of nitrogens with one attached hydrogen (secondary N) is 2. The molecule has 0 bridgehead atoms. The number of rotatable bonds is 6. The Morgan fingerprint density at radius 1 is 0.909 bits per heavy atom. The van der Waals surface area contributed by atoms with Crippen LogP contribution in [0, 0.1) is 0 Å². The summed E-state index contributed by atoms with van der Waals surface area (Å²) in [6, 6.07) is 23.1. The number of pyridine rings is 1. The van der Waals surface area contributed by atoms with E-state index >= 15 is 0 Å². The van der Waals surface area contributed by atoms with Crippen LogP contribution in [-0.2, 0) is 9.53 Å². The first-order chi connectivity index (χ1) is 16.0. The van der Waals surface area contributed by atoms with E-state index in [1.54, 1.807) is 48.5 Å². The minimum absolute atomic E-state index is 0.253. The fourth-order valence-electron chi connectivity index (χ4n) is 3.20. The van der Waals surface area contributed by atoms with Crippen LogP contribution in [0.3, 0.4) is 0 Å². The second kappa shape index (κ2) is 10.0. The van der Waals surface area contributed by atoms with E-state index in [0.29, 0.717) is 38.7 Å². The highest BCUT2D eigenvalue weighted by Crippen LogP contribution is 2.32. The van der Waals surface area contributed by atoms with Gasteiger partial charge in [-0.25, -0.2) is 14.6 Å². The van der Waals surface area contributed by atoms with Crippen molar-refractivity contribution >= 4 is 45.9 Å². The number of fused-ring (bicyclic) bond motifs is 1. The van der Waals surface area contributed by atoms with E-state index in [0.717, 1.165) is 5.56 Å². The van der Waals surface area contributed by atoms with Crippen molar-refractivity contribution in [2.45, 2.75) is 0 Å². The SMILES string of the molecule is COC(=O)COc1cc(-c2ccccc2)nc2ccc(NC(=O)Nc3cccc(Cl)c3)cc12. The first kappa shape index (κ1) is 22.1. The molecule has 4 rings (SSSR count). The van der Waals surface area contributed by atoms with E-state index in [4.69, 9.17) is 21.3 Å². The number of anilines is 2. The standard InChI is InChI=1S/C25H20ClN3O4/c1-32-24(30)15-33-23-14-22(16-6-3-2-4-7-16)29-21-11-10-19(13-20(21)23)28-25(31)27-18-9-5-8-17(26)12-18/h2-14H,15H2,1H3,(H2,27,28,31). The summed E-state index contributed by atoms with van der Waals surface area (Å²) in [6.07, 6.45) is 0. The van der Waals surface area contributed by atoms with Gasteiger partial charge in [-0.1, -0.05) is 48.0 Å². The molecule has 0 aliphatic carbocycles. The van der Waals surface area contributed by atoms with Gasteiger partial charge in [0.25, 0.3) is 0 Å². The van der Waals surface area contributed by atoms with Gasteiger partial charge in [-0.3, -0.25) is 0 Å². The molecule has 0 atom stereocenters. The molecule has 0 radical (unpaired) electrons. The van der Waals surface area contributed by atoms with Crippen molar-refractivity contribution in [3.05, 3.63) is 83.9 Å². The molecule has 0 saturated carbocycles. The number of carbonyl (C=O) groups is 2. The average Bonchev–Trinajstić information content (AvgIpc) is 2.82. The monoisotopic (exact) mass is 461 g/mol. The number of halogens is 1. The Morgan fingerprint density at radius 3 is 2.39 bits per heavy atom. The van der Waals surface area contributed by atoms with E-state index in [9.17, 15) is 9.59 Å². The summed E-state index contributed by atoms with van der Waals surface area (Å²) in [7, 11) is 1.30. The van der Waals surface area contributed by atoms with Crippen LogP contribution in [0.5, 0.6) is 5.75 Å². The van der Waals surface area contributed by atoms with Crippen molar-refractivity contribution in [1.29, 1.82) is 0 Å². The third kappa shape index (κ3) is 5.58. The predicted molar refractivity (Wildman–Crippen MR) is 129 cm³/mol. The Morgan fingerprint density at radius 2 is 1.67 bits per heavy atom. The van der Waals surface area contributed by atoms with Crippen LogP contribution in [0.4, 0.5) is 16.2 Å². The first-order valence-electron chi connectivity index (χ1n) is 10.1. The van der Waals surface area contributed by atoms with Crippen molar-refractivity contribution in [2.75, 3.05) is 24.4 Å². The number of aromatic nitrogens is 1. The average molecular weight is 462 g/mol. The number of benzene rings is 3. The van der Waals surface area contributed by atoms with E-state index in [1.165, 1.54) is 7.11 Å². The zero-order chi connectivity index (χ0) is 23.2. The van der Waals surface area contributed by atoms with Crippen LogP contribution in [0.15, 0.2) is 78.9 Å². The van der Waals surface area contributed by atoms with Crippen molar-refractivity contribution in [2.24, 2.45) is 0 Å². The van der Waals surface area contributed by atoms with Crippen LogP contribution in [0.2, 0.25) is 5.02 Å². The van der Waals surface area contributed by atoms with Gasteiger partial charge in [0.05, 0.1) is 18.3 Å². The highest BCUT2D eigenvalue weighted by Gasteiger charge is 2.13. The predicted octanol–water partition coefficient (Wildman–Crippen LogP) is 5.75. The van der Waals surface area contributed by atoms with Crippen molar-refractivity contribution in [3.63, 3.8) is 0 Å². The molecule has 4 aromatic rings. The summed E-state index contributed by atoms with van der Waals surface area (Å²) in [4.78, 5) is 28.8. The summed E-state index contributed by atoms with van der Waals surface area (Å²) < 4.78 is 10.4. The number of ether oxygens (including phenoxy) is 2. The van der Waals surface area contributed by atoms with E-state index < -0.39 is 12.0 Å². The van der Waals surface area contributed by atoms with Crippen LogP contribution in [0.1, 0.15) is 0 Å². The molecule has 0 aliphatic heterocycles. The van der Waals surface area contributed by atoms with Crippen LogP contribution in [-0.4, -0.2) is 30.7 Å². The molecule has 0 aliphatic rings. The Balaban J connectivity index is 1.64. The minimum Gasteiger partial charge on any atom is -0.481 e. The molecule has 0 unspecified atom stereocenters. The molecule has 33 heavy (non-hydrogen) atoms. The third-order valence-corrected chi connectivity index (χ3v) is 4.99. The normalized spacial score (nSPS) is 10.5. The van der Waals surface area contributed by atoms with Crippen LogP contribution in [0.25, 0.3) is 22.2 Å². The van der Waals surface area contributed by atoms with Gasteiger partial charge in [0.2, 0.25) is 0 Å². The Labute approximate surface area is 195 Å². The van der Waals surface area contributed by atoms with E-state index in [-0.39, 0.29) is 6.61 Å². The van der Waals surface area contributed by atoms with Crippen molar-refractivity contribution < 1.29 is 19.1 Å². The number of hydrogen-bond donors (Lipinski definition) is 2. The zero-order valence-corrected chi connectivity index (χ0v) is 18.4. The summed E-state index contributed by atoms with van der Waals surface area (Å²) >= 11 is 5.97. The van der Waals surface area contributed by atoms with Crippen molar-refractivity contribution in [1.82, 2.24) is 4.98 Å². The van der Waals surface area contributed by atoms with Gasteiger partial charge >= 0.3 is 12.0 Å². The van der Waals surface area contributed by atoms with Crippen LogP contribution >= 0.6 is 11.6 Å². The van der Waals surface area contributed by atoms with Crippen molar-refractivity contribution in [3.8, 4) is 17.0 Å². The fraction of sp³-hybridized carbons (Fsp3) is 0.0800. The van der Waals surface area contributed by atoms with Gasteiger partial charge < -0.3 is 20.1 Å². The van der Waals surface area contributed by atoms with Gasteiger partial charge in [-0.2, -0.15) is 0 Å². The lowest BCUT2D eigenvalue weighted by atomic mass is 10.1. The number of urea groups is 1. The van der Waals surface area contributed by atoms with E-state index in [2.05, 4.69) is 15.4 Å². The highest BCUT2D eigenvalue weighted by atomic mass is 35.5. The molecule has 0 saturated heterocycles. The molecule has 7 nitrogen and oxygen atoms in total. The quantitative estimate of drug-likeness (QED) is 0.357. The second-order valence-corrected chi connectivity index (χ2v) is 7.49. The number of amides is 2. The summed E-state index contributed by atoms with van der Waals surface area (Å²) in [6.45, 7) is -0.253. The lowest BCUT2D eigenvalue weighted by molar-refractivity contribution is -0.142. The molecule has 2 amide bonds. The van der Waals surface area contributed by atoms with Gasteiger partial charge in [0.15, 0.2) is 6.61 Å².